The predicted octanol–water partition coefficient (Wildman–Crippen LogP) is 13.7. The first kappa shape index (κ1) is 36.7. The molecule has 0 saturated carbocycles. The van der Waals surface area contributed by atoms with Crippen molar-refractivity contribution in [3.63, 3.8) is 0 Å². The number of imidazole rings is 1. The van der Waals surface area contributed by atoms with Crippen LogP contribution in [0.4, 0.5) is 0 Å². The van der Waals surface area contributed by atoms with E-state index in [0.717, 1.165) is 84.1 Å². The number of aromatic nitrogens is 5. The maximum absolute atomic E-state index is 6.74. The number of hydrogen-bond donors (Lipinski definition) is 0. The minimum atomic E-state index is -0.0153. The van der Waals surface area contributed by atoms with Gasteiger partial charge in [-0.2, -0.15) is 0 Å². The second-order valence-corrected chi connectivity index (χ2v) is 17.2. The van der Waals surface area contributed by atoms with Crippen LogP contribution >= 0.6 is 0 Å². The summed E-state index contributed by atoms with van der Waals surface area (Å²) >= 11 is 0. The molecule has 0 fully saturated rings. The number of rotatable bonds is 5. The number of ether oxygens (including phenoxy) is 1. The summed E-state index contributed by atoms with van der Waals surface area (Å²) in [6.45, 7) is 6.70. The van der Waals surface area contributed by atoms with Gasteiger partial charge in [-0.3, -0.25) is 18.7 Å². The van der Waals surface area contributed by atoms with Crippen molar-refractivity contribution < 1.29 is 9.30 Å². The molecule has 7 aromatic carbocycles. The van der Waals surface area contributed by atoms with E-state index in [9.17, 15) is 0 Å². The Hall–Kier alpha value is -8.09. The van der Waals surface area contributed by atoms with E-state index in [0.29, 0.717) is 0 Å². The van der Waals surface area contributed by atoms with Crippen molar-refractivity contribution in [3.8, 4) is 73.3 Å². The Morgan fingerprint density at radius 2 is 1.13 bits per heavy atom. The second kappa shape index (κ2) is 14.3. The summed E-state index contributed by atoms with van der Waals surface area (Å²) in [5.41, 5.74) is 16.3. The van der Waals surface area contributed by atoms with E-state index in [2.05, 4.69) is 211 Å². The zero-order chi connectivity index (χ0) is 42.2. The molecule has 4 aromatic heterocycles. The Labute approximate surface area is 365 Å². The highest BCUT2D eigenvalue weighted by atomic mass is 16.5. The average molecular weight is 812 g/mol. The van der Waals surface area contributed by atoms with Crippen molar-refractivity contribution >= 4 is 32.8 Å². The van der Waals surface area contributed by atoms with E-state index >= 15 is 0 Å². The lowest BCUT2D eigenvalue weighted by atomic mass is 9.82. The highest BCUT2D eigenvalue weighted by Crippen LogP contribution is 2.48. The third-order valence-corrected chi connectivity index (χ3v) is 12.4. The van der Waals surface area contributed by atoms with E-state index in [1.54, 1.807) is 0 Å². The van der Waals surface area contributed by atoms with Crippen LogP contribution in [-0.2, 0) is 5.41 Å². The maximum Gasteiger partial charge on any atom is 0.269 e. The van der Waals surface area contributed by atoms with Gasteiger partial charge in [-0.15, -0.1) is 0 Å². The van der Waals surface area contributed by atoms with Crippen LogP contribution in [0.25, 0.3) is 94.7 Å². The lowest BCUT2D eigenvalue weighted by Gasteiger charge is -2.24. The number of hydrogen-bond acceptors (Lipinski definition) is 3. The molecule has 0 radical (unpaired) electrons. The van der Waals surface area contributed by atoms with Crippen LogP contribution in [0.1, 0.15) is 26.3 Å². The van der Waals surface area contributed by atoms with Gasteiger partial charge >= 0.3 is 0 Å². The topological polar surface area (TPSA) is 48.8 Å². The molecule has 63 heavy (non-hydrogen) atoms. The van der Waals surface area contributed by atoms with Crippen molar-refractivity contribution in [3.05, 3.63) is 206 Å². The van der Waals surface area contributed by atoms with Crippen LogP contribution in [0, 0.1) is 6.33 Å². The zero-order valence-corrected chi connectivity index (χ0v) is 35.1. The first-order valence-corrected chi connectivity index (χ1v) is 21.4. The summed E-state index contributed by atoms with van der Waals surface area (Å²) in [4.78, 5) is 10.0. The Morgan fingerprint density at radius 3 is 1.90 bits per heavy atom. The van der Waals surface area contributed by atoms with Crippen molar-refractivity contribution in [2.75, 3.05) is 0 Å². The summed E-state index contributed by atoms with van der Waals surface area (Å²) in [6, 6.07) is 64.0. The Kier molecular flexibility index (Phi) is 8.31. The molecular formula is C57H41N5O. The first-order valence-electron chi connectivity index (χ1n) is 21.4. The summed E-state index contributed by atoms with van der Waals surface area (Å²) in [6.07, 6.45) is 7.63. The van der Waals surface area contributed by atoms with Crippen LogP contribution in [0.2, 0.25) is 0 Å². The quantitative estimate of drug-likeness (QED) is 0.128. The van der Waals surface area contributed by atoms with Gasteiger partial charge in [0.05, 0.1) is 39.1 Å². The van der Waals surface area contributed by atoms with E-state index in [1.807, 2.05) is 24.5 Å². The molecule has 6 nitrogen and oxygen atoms in total. The third kappa shape index (κ3) is 5.98. The molecule has 0 saturated heterocycles. The molecule has 0 atom stereocenters. The lowest BCUT2D eigenvalue weighted by Crippen LogP contribution is -2.31. The molecular weight excluding hydrogens is 771 g/mol. The van der Waals surface area contributed by atoms with Gasteiger partial charge < -0.3 is 4.74 Å². The number of benzene rings is 7. The molecule has 1 aliphatic rings. The van der Waals surface area contributed by atoms with Gasteiger partial charge in [0.2, 0.25) is 0 Å². The molecule has 0 aliphatic heterocycles. The fourth-order valence-corrected chi connectivity index (χ4v) is 9.44. The summed E-state index contributed by atoms with van der Waals surface area (Å²) in [7, 11) is 0. The highest BCUT2D eigenvalue weighted by molar-refractivity contribution is 6.09. The molecule has 0 amide bonds. The van der Waals surface area contributed by atoms with Gasteiger partial charge in [-0.05, 0) is 93.4 Å². The van der Waals surface area contributed by atoms with E-state index in [1.165, 1.54) is 27.6 Å². The standard InChI is InChI=1S/C57H41N5O/c1-57(2,3)37-29-31-58-54(33-37)62-49-24-11-10-21-45(49)46-28-27-40(35-53(46)62)63-39-16-14-15-38(34-39)60-36-61(51-26-13-12-25-50(51)60)52-30-32-59-56-48-23-9-7-20-44(48)42-18-5-4-17-41(42)43-19-6-8-22-47(43)55(52)56/h4-35H,1-3H3. The summed E-state index contributed by atoms with van der Waals surface area (Å²) in [5, 5.41) is 2.32. The number of para-hydroxylation sites is 3. The monoisotopic (exact) mass is 811 g/mol. The highest BCUT2D eigenvalue weighted by Gasteiger charge is 2.26. The van der Waals surface area contributed by atoms with Gasteiger partial charge in [0.25, 0.3) is 6.33 Å². The van der Waals surface area contributed by atoms with Crippen molar-refractivity contribution in [1.82, 2.24) is 19.1 Å². The second-order valence-electron chi connectivity index (χ2n) is 17.2. The van der Waals surface area contributed by atoms with Crippen LogP contribution < -0.4 is 9.30 Å². The van der Waals surface area contributed by atoms with Crippen LogP contribution in [0.15, 0.2) is 194 Å². The maximum atomic E-state index is 6.74. The first-order chi connectivity index (χ1) is 30.9. The van der Waals surface area contributed by atoms with Crippen molar-refractivity contribution in [2.24, 2.45) is 0 Å². The fourth-order valence-electron chi connectivity index (χ4n) is 9.44. The largest absolute Gasteiger partial charge is 0.458 e. The molecule has 1 aliphatic carbocycles. The summed E-state index contributed by atoms with van der Waals surface area (Å²) < 4.78 is 13.3. The smallest absolute Gasteiger partial charge is 0.269 e. The number of pyridine rings is 2. The normalized spacial score (nSPS) is 12.0. The Morgan fingerprint density at radius 1 is 0.508 bits per heavy atom. The molecule has 4 heterocycles. The van der Waals surface area contributed by atoms with E-state index < -0.39 is 0 Å². The van der Waals surface area contributed by atoms with E-state index in [4.69, 9.17) is 14.7 Å². The molecule has 0 spiro atoms. The minimum Gasteiger partial charge on any atom is -0.458 e. The van der Waals surface area contributed by atoms with Gasteiger partial charge in [-0.1, -0.05) is 142 Å². The molecule has 12 rings (SSSR count). The summed E-state index contributed by atoms with van der Waals surface area (Å²) in [5.74, 6) is 2.34. The molecule has 11 aromatic rings. The minimum absolute atomic E-state index is 0.0153. The zero-order valence-electron chi connectivity index (χ0n) is 35.1. The van der Waals surface area contributed by atoms with Gasteiger partial charge in [-0.25, -0.2) is 4.98 Å². The van der Waals surface area contributed by atoms with Crippen LogP contribution in [0.5, 0.6) is 11.5 Å². The fraction of sp³-hybridized carbons (Fsp3) is 0.0702. The van der Waals surface area contributed by atoms with Crippen LogP contribution in [-0.4, -0.2) is 19.1 Å². The van der Waals surface area contributed by atoms with Crippen molar-refractivity contribution in [2.45, 2.75) is 26.2 Å². The molecule has 6 heteroatoms. The molecule has 300 valence electrons. The van der Waals surface area contributed by atoms with Gasteiger partial charge in [0.1, 0.15) is 17.3 Å². The number of nitrogens with zero attached hydrogens (tertiary/aromatic N) is 5. The Bertz CT molecular complexity index is 3600. The van der Waals surface area contributed by atoms with Crippen molar-refractivity contribution in [1.29, 1.82) is 0 Å². The van der Waals surface area contributed by atoms with Crippen LogP contribution in [0.3, 0.4) is 0 Å². The molecule has 0 unspecified atom stereocenters. The van der Waals surface area contributed by atoms with Gasteiger partial charge in [0, 0.05) is 40.4 Å². The number of fused-ring (bicyclic) bond motifs is 12. The van der Waals surface area contributed by atoms with E-state index in [-0.39, 0.29) is 5.41 Å². The van der Waals surface area contributed by atoms with Gasteiger partial charge in [0.15, 0.2) is 0 Å². The predicted molar refractivity (Wildman–Crippen MR) is 254 cm³/mol. The SMILES string of the molecule is CC(C)(C)c1ccnc(-n2c3ccccc3c3ccc(Oc4cccc(-n5[c-][n+](-c6ccnc7c6-c6ccccc6-c6ccccc6-c6ccccc6-7)c6ccccc65)c4)cc32)c1. The Balaban J connectivity index is 0.982. The molecule has 0 N–H and O–H groups in total. The lowest BCUT2D eigenvalue weighted by molar-refractivity contribution is -0.571. The average Bonchev–Trinajstić information content (AvgIpc) is 3.87. The molecule has 0 bridgehead atoms. The third-order valence-electron chi connectivity index (χ3n) is 12.4.